The van der Waals surface area contributed by atoms with Crippen LogP contribution in [0.4, 0.5) is 10.6 Å². The number of amides is 1. The second-order valence-electron chi connectivity index (χ2n) is 16.4. The van der Waals surface area contributed by atoms with Gasteiger partial charge in [0.25, 0.3) is 0 Å². The first-order valence-corrected chi connectivity index (χ1v) is 21.9. The summed E-state index contributed by atoms with van der Waals surface area (Å²) in [7, 11) is -1.21. The molecule has 14 heteroatoms. The van der Waals surface area contributed by atoms with E-state index < -0.39 is 25.7 Å². The largest absolute Gasteiger partial charge is 0.451 e. The number of piperidine rings is 1. The van der Waals surface area contributed by atoms with E-state index in [4.69, 9.17) is 34.3 Å². The molecule has 2 aliphatic rings. The molecule has 6 heterocycles. The number of aromatic nitrogens is 6. The van der Waals surface area contributed by atoms with Crippen molar-refractivity contribution in [1.29, 1.82) is 0 Å². The van der Waals surface area contributed by atoms with Crippen LogP contribution >= 0.6 is 0 Å². The van der Waals surface area contributed by atoms with E-state index in [2.05, 4.69) is 29.5 Å². The third kappa shape index (κ3) is 8.95. The molecule has 4 aromatic heterocycles. The summed E-state index contributed by atoms with van der Waals surface area (Å²) in [6.45, 7) is 20.0. The predicted molar refractivity (Wildman–Crippen MR) is 202 cm³/mol. The molecule has 1 atom stereocenters. The van der Waals surface area contributed by atoms with Crippen LogP contribution in [-0.4, -0.2) is 93.1 Å². The number of aryl methyl sites for hydroxylation is 1. The fourth-order valence-electron chi connectivity index (χ4n) is 6.89. The van der Waals surface area contributed by atoms with Gasteiger partial charge in [0.1, 0.15) is 18.1 Å². The highest BCUT2D eigenvalue weighted by atomic mass is 28.3. The highest BCUT2D eigenvalue weighted by molar-refractivity contribution is 6.76. The van der Waals surface area contributed by atoms with E-state index >= 15 is 0 Å². The molecule has 1 unspecified atom stereocenters. The molecule has 0 bridgehead atoms. The van der Waals surface area contributed by atoms with E-state index in [1.807, 2.05) is 61.7 Å². The first-order chi connectivity index (χ1) is 24.6. The summed E-state index contributed by atoms with van der Waals surface area (Å²) in [5.74, 6) is 0.925. The summed E-state index contributed by atoms with van der Waals surface area (Å²) in [5, 5.41) is 5.54. The Labute approximate surface area is 307 Å². The summed E-state index contributed by atoms with van der Waals surface area (Å²) < 4.78 is 19.3. The summed E-state index contributed by atoms with van der Waals surface area (Å²) in [4.78, 5) is 48.6. The van der Waals surface area contributed by atoms with Crippen LogP contribution in [0.25, 0.3) is 22.3 Å². The van der Waals surface area contributed by atoms with Crippen LogP contribution in [0, 0.1) is 12.3 Å². The lowest BCUT2D eigenvalue weighted by molar-refractivity contribution is -0.144. The number of carbonyl (C=O) groups is 2. The van der Waals surface area contributed by atoms with Gasteiger partial charge in [0.2, 0.25) is 0 Å². The number of esters is 1. The Morgan fingerprint density at radius 2 is 1.81 bits per heavy atom. The number of ether oxygens (including phenoxy) is 3. The van der Waals surface area contributed by atoms with Crippen molar-refractivity contribution >= 4 is 36.9 Å². The number of carbonyl (C=O) groups excluding carboxylic acids is 2. The molecule has 278 valence electrons. The monoisotopic (exact) mass is 728 g/mol. The van der Waals surface area contributed by atoms with Crippen LogP contribution in [0.3, 0.4) is 0 Å². The number of pyridine rings is 2. The third-order valence-electron chi connectivity index (χ3n) is 9.74. The maximum absolute atomic E-state index is 12.9. The summed E-state index contributed by atoms with van der Waals surface area (Å²) in [6.07, 6.45) is 8.80. The van der Waals surface area contributed by atoms with Crippen LogP contribution in [0.1, 0.15) is 70.0 Å². The van der Waals surface area contributed by atoms with E-state index in [1.165, 1.54) is 6.92 Å². The highest BCUT2D eigenvalue weighted by Gasteiger charge is 2.43. The zero-order chi connectivity index (χ0) is 37.3. The van der Waals surface area contributed by atoms with Crippen molar-refractivity contribution in [3.63, 3.8) is 0 Å². The molecule has 6 rings (SSSR count). The molecule has 0 aromatic carbocycles. The minimum atomic E-state index is -1.21. The molecular weight excluding hydrogens is 677 g/mol. The summed E-state index contributed by atoms with van der Waals surface area (Å²) in [5.41, 5.74) is 3.08. The number of hydrogen-bond donors (Lipinski definition) is 0. The number of rotatable bonds is 10. The molecule has 1 spiro atoms. The molecule has 13 nitrogen and oxygen atoms in total. The number of anilines is 1. The number of fused-ring (bicyclic) bond motifs is 1. The van der Waals surface area contributed by atoms with Gasteiger partial charge >= 0.3 is 12.1 Å². The van der Waals surface area contributed by atoms with Crippen LogP contribution < -0.4 is 4.90 Å². The second-order valence-corrected chi connectivity index (χ2v) is 22.0. The van der Waals surface area contributed by atoms with E-state index in [9.17, 15) is 9.59 Å². The van der Waals surface area contributed by atoms with E-state index in [-0.39, 0.29) is 11.5 Å². The Kier molecular flexibility index (Phi) is 10.7. The quantitative estimate of drug-likeness (QED) is 0.0970. The topological polar surface area (TPSA) is 138 Å². The van der Waals surface area contributed by atoms with Crippen LogP contribution in [-0.2, 0) is 25.7 Å². The zero-order valence-electron chi connectivity index (χ0n) is 31.8. The van der Waals surface area contributed by atoms with Crippen molar-refractivity contribution in [3.8, 4) is 11.4 Å². The SMILES string of the molecule is CC(=O)OC(c1cccnc1)c1cc2c(N3CCC4(CCN(C(=O)OC(C)(C)C)C4)CC3)nc(-c3cn(COCC[Si](C)(C)C)nc3C)nc2cn1. The molecule has 2 fully saturated rings. The zero-order valence-corrected chi connectivity index (χ0v) is 32.8. The molecule has 0 aliphatic carbocycles. The normalized spacial score (nSPS) is 16.8. The lowest BCUT2D eigenvalue weighted by Crippen LogP contribution is -2.43. The molecule has 2 saturated heterocycles. The maximum Gasteiger partial charge on any atom is 0.410 e. The number of hydrogen-bond acceptors (Lipinski definition) is 11. The van der Waals surface area contributed by atoms with Gasteiger partial charge in [0, 0.05) is 77.3 Å². The molecule has 4 aromatic rings. The van der Waals surface area contributed by atoms with Gasteiger partial charge < -0.3 is 24.0 Å². The van der Waals surface area contributed by atoms with Crippen LogP contribution in [0.2, 0.25) is 25.7 Å². The van der Waals surface area contributed by atoms with Crippen molar-refractivity contribution in [2.75, 3.05) is 37.7 Å². The molecule has 0 radical (unpaired) electrons. The Morgan fingerprint density at radius 1 is 1.06 bits per heavy atom. The van der Waals surface area contributed by atoms with Gasteiger partial charge in [0.05, 0.1) is 28.7 Å². The van der Waals surface area contributed by atoms with Crippen molar-refractivity contribution < 1.29 is 23.8 Å². The van der Waals surface area contributed by atoms with Gasteiger partial charge in [-0.2, -0.15) is 5.10 Å². The minimum Gasteiger partial charge on any atom is -0.451 e. The van der Waals surface area contributed by atoms with E-state index in [0.29, 0.717) is 43.5 Å². The maximum atomic E-state index is 12.9. The van der Waals surface area contributed by atoms with Gasteiger partial charge in [-0.25, -0.2) is 19.4 Å². The van der Waals surface area contributed by atoms with Gasteiger partial charge in [-0.3, -0.25) is 14.8 Å². The first kappa shape index (κ1) is 37.3. The smallest absolute Gasteiger partial charge is 0.410 e. The summed E-state index contributed by atoms with van der Waals surface area (Å²) in [6, 6.07) is 6.70. The van der Waals surface area contributed by atoms with Gasteiger partial charge in [-0.15, -0.1) is 0 Å². The van der Waals surface area contributed by atoms with E-state index in [1.54, 1.807) is 18.6 Å². The first-order valence-electron chi connectivity index (χ1n) is 18.2. The standard InChI is InChI=1S/C38H52N8O5Si/c1-26-30(23-46(43-26)25-49-18-19-52(6,7)8)34-41-32-22-40-31(33(50-27(2)47)28-10-9-14-39-21-28)20-29(32)35(42-34)44-15-11-38(12-16-44)13-17-45(24-38)36(48)51-37(3,4)5/h9-10,14,20-23,33H,11-13,15-19,24-25H2,1-8H3. The Bertz CT molecular complexity index is 1900. The number of likely N-dealkylation sites (tertiary alicyclic amines) is 1. The van der Waals surface area contributed by atoms with Crippen LogP contribution in [0.15, 0.2) is 43.0 Å². The van der Waals surface area contributed by atoms with Gasteiger partial charge in [-0.1, -0.05) is 25.7 Å². The highest BCUT2D eigenvalue weighted by Crippen LogP contribution is 2.43. The molecule has 0 saturated carbocycles. The van der Waals surface area contributed by atoms with Gasteiger partial charge in [-0.05, 0) is 70.5 Å². The van der Waals surface area contributed by atoms with Crippen molar-refractivity contribution in [2.45, 2.75) is 98.0 Å². The van der Waals surface area contributed by atoms with Crippen LogP contribution in [0.5, 0.6) is 0 Å². The number of nitrogens with zero attached hydrogens (tertiary/aromatic N) is 8. The average molecular weight is 729 g/mol. The molecule has 1 amide bonds. The minimum absolute atomic E-state index is 0.0275. The Morgan fingerprint density at radius 3 is 2.48 bits per heavy atom. The van der Waals surface area contributed by atoms with Gasteiger partial charge in [0.15, 0.2) is 11.9 Å². The van der Waals surface area contributed by atoms with Crippen molar-refractivity contribution in [1.82, 2.24) is 34.6 Å². The molecule has 52 heavy (non-hydrogen) atoms. The predicted octanol–water partition coefficient (Wildman–Crippen LogP) is 6.78. The lowest BCUT2D eigenvalue weighted by atomic mass is 9.78. The Balaban J connectivity index is 1.32. The summed E-state index contributed by atoms with van der Waals surface area (Å²) >= 11 is 0. The van der Waals surface area contributed by atoms with Crippen molar-refractivity contribution in [2.24, 2.45) is 5.41 Å². The average Bonchev–Trinajstić information content (AvgIpc) is 3.67. The lowest BCUT2D eigenvalue weighted by Gasteiger charge is -2.40. The van der Waals surface area contributed by atoms with Crippen molar-refractivity contribution in [3.05, 3.63) is 59.9 Å². The molecule has 2 aliphatic heterocycles. The fraction of sp³-hybridized carbons (Fsp3) is 0.553. The third-order valence-corrected chi connectivity index (χ3v) is 11.4. The van der Waals surface area contributed by atoms with E-state index in [0.717, 1.165) is 66.4 Å². The fourth-order valence-corrected chi connectivity index (χ4v) is 7.65. The second kappa shape index (κ2) is 14.9. The molecule has 0 N–H and O–H groups in total. The Hall–Kier alpha value is -4.43. The molecular formula is C38H52N8O5Si.